The first-order chi connectivity index (χ1) is 12.4. The smallest absolute Gasteiger partial charge is 0.339 e. The van der Waals surface area contributed by atoms with Crippen LogP contribution in [0.4, 0.5) is 0 Å². The number of aromatic amines is 1. The second-order valence-corrected chi connectivity index (χ2v) is 7.32. The van der Waals surface area contributed by atoms with E-state index in [0.29, 0.717) is 35.8 Å². The average Bonchev–Trinajstić information content (AvgIpc) is 3.01. The number of carbonyl (C=O) groups excluding carboxylic acids is 2. The van der Waals surface area contributed by atoms with Crippen molar-refractivity contribution in [1.82, 2.24) is 14.8 Å². The van der Waals surface area contributed by atoms with Crippen LogP contribution in [0.5, 0.6) is 0 Å². The number of carbonyl (C=O) groups is 2. The summed E-state index contributed by atoms with van der Waals surface area (Å²) in [6.45, 7) is 5.28. The van der Waals surface area contributed by atoms with E-state index in [-0.39, 0.29) is 5.91 Å². The molecule has 0 saturated heterocycles. The van der Waals surface area contributed by atoms with Gasteiger partial charge in [0.05, 0.1) is 12.7 Å². The molecule has 1 N–H and O–H groups in total. The van der Waals surface area contributed by atoms with E-state index in [0.717, 1.165) is 12.2 Å². The standard InChI is InChI=1S/C20H33N3O3/c1-6-16-17(20(25)26-5)14(2)18(21-16)19(24)23(4)13-12-22(3)15-10-8-7-9-11-15/h15,21H,6-13H2,1-5H3. The van der Waals surface area contributed by atoms with Crippen LogP contribution in [0.15, 0.2) is 0 Å². The van der Waals surface area contributed by atoms with E-state index in [4.69, 9.17) is 4.74 Å². The number of nitrogens with zero attached hydrogens (tertiary/aromatic N) is 2. The molecule has 0 unspecified atom stereocenters. The first-order valence-corrected chi connectivity index (χ1v) is 9.66. The van der Waals surface area contributed by atoms with E-state index in [2.05, 4.69) is 16.9 Å². The molecule has 1 amide bonds. The molecule has 6 nitrogen and oxygen atoms in total. The van der Waals surface area contributed by atoms with Gasteiger partial charge in [-0.1, -0.05) is 26.2 Å². The molecule has 1 aromatic heterocycles. The summed E-state index contributed by atoms with van der Waals surface area (Å²) in [6.07, 6.45) is 7.12. The highest BCUT2D eigenvalue weighted by molar-refractivity contribution is 6.00. The van der Waals surface area contributed by atoms with E-state index < -0.39 is 5.97 Å². The van der Waals surface area contributed by atoms with Crippen LogP contribution in [0.25, 0.3) is 0 Å². The van der Waals surface area contributed by atoms with Crippen LogP contribution < -0.4 is 0 Å². The fourth-order valence-corrected chi connectivity index (χ4v) is 3.82. The normalized spacial score (nSPS) is 15.3. The van der Waals surface area contributed by atoms with Gasteiger partial charge in [-0.05, 0) is 38.8 Å². The van der Waals surface area contributed by atoms with Crippen LogP contribution in [-0.4, -0.2) is 67.0 Å². The number of hydrogen-bond donors (Lipinski definition) is 1. The highest BCUT2D eigenvalue weighted by Crippen LogP contribution is 2.23. The fourth-order valence-electron chi connectivity index (χ4n) is 3.82. The number of aromatic nitrogens is 1. The number of nitrogens with one attached hydrogen (secondary N) is 1. The molecule has 0 atom stereocenters. The molecule has 0 aliphatic heterocycles. The average molecular weight is 364 g/mol. The third-order valence-electron chi connectivity index (χ3n) is 5.62. The van der Waals surface area contributed by atoms with Crippen LogP contribution >= 0.6 is 0 Å². The van der Waals surface area contributed by atoms with E-state index in [1.807, 2.05) is 14.0 Å². The van der Waals surface area contributed by atoms with Crippen LogP contribution in [0.1, 0.15) is 71.1 Å². The number of H-pyrrole nitrogens is 1. The predicted molar refractivity (Wildman–Crippen MR) is 103 cm³/mol. The third kappa shape index (κ3) is 4.47. The van der Waals surface area contributed by atoms with Gasteiger partial charge < -0.3 is 19.5 Å². The Morgan fingerprint density at radius 1 is 1.15 bits per heavy atom. The summed E-state index contributed by atoms with van der Waals surface area (Å²) in [7, 11) is 5.34. The minimum absolute atomic E-state index is 0.0793. The fraction of sp³-hybridized carbons (Fsp3) is 0.700. The summed E-state index contributed by atoms with van der Waals surface area (Å²) in [5, 5.41) is 0. The Morgan fingerprint density at radius 3 is 2.38 bits per heavy atom. The lowest BCUT2D eigenvalue weighted by Gasteiger charge is -2.32. The van der Waals surface area contributed by atoms with Crippen molar-refractivity contribution in [3.05, 3.63) is 22.5 Å². The Morgan fingerprint density at radius 2 is 1.81 bits per heavy atom. The van der Waals surface area contributed by atoms with Gasteiger partial charge in [0, 0.05) is 31.9 Å². The molecular weight excluding hydrogens is 330 g/mol. The molecule has 146 valence electrons. The molecule has 2 rings (SSSR count). The van der Waals surface area contributed by atoms with Crippen molar-refractivity contribution in [2.24, 2.45) is 0 Å². The number of hydrogen-bond acceptors (Lipinski definition) is 4. The van der Waals surface area contributed by atoms with Gasteiger partial charge in [-0.15, -0.1) is 0 Å². The predicted octanol–water partition coefficient (Wildman–Crippen LogP) is 3.01. The Bertz CT molecular complexity index is 632. The van der Waals surface area contributed by atoms with E-state index >= 15 is 0 Å². The summed E-state index contributed by atoms with van der Waals surface area (Å²) in [5.74, 6) is -0.473. The Balaban J connectivity index is 2.03. The Kier molecular flexibility index (Phi) is 7.26. The molecule has 0 radical (unpaired) electrons. The molecule has 1 fully saturated rings. The minimum Gasteiger partial charge on any atom is -0.465 e. The molecule has 1 aromatic rings. The van der Waals surface area contributed by atoms with Crippen LogP contribution in [0, 0.1) is 6.92 Å². The van der Waals surface area contributed by atoms with Gasteiger partial charge in [0.25, 0.3) is 5.91 Å². The number of amides is 1. The molecule has 6 heteroatoms. The lowest BCUT2D eigenvalue weighted by atomic mass is 9.94. The van der Waals surface area contributed by atoms with Crippen LogP contribution in [-0.2, 0) is 11.2 Å². The molecule has 0 aromatic carbocycles. The highest BCUT2D eigenvalue weighted by Gasteiger charge is 2.26. The van der Waals surface area contributed by atoms with Gasteiger partial charge in [0.2, 0.25) is 0 Å². The van der Waals surface area contributed by atoms with Crippen molar-refractivity contribution in [2.45, 2.75) is 58.4 Å². The largest absolute Gasteiger partial charge is 0.465 e. The summed E-state index contributed by atoms with van der Waals surface area (Å²) < 4.78 is 4.87. The van der Waals surface area contributed by atoms with Crippen LogP contribution in [0.2, 0.25) is 0 Å². The van der Waals surface area contributed by atoms with Crippen molar-refractivity contribution >= 4 is 11.9 Å². The zero-order valence-corrected chi connectivity index (χ0v) is 16.9. The van der Waals surface area contributed by atoms with Gasteiger partial charge >= 0.3 is 5.97 Å². The highest BCUT2D eigenvalue weighted by atomic mass is 16.5. The number of methoxy groups -OCH3 is 1. The van der Waals surface area contributed by atoms with E-state index in [1.54, 1.807) is 11.8 Å². The van der Waals surface area contributed by atoms with Gasteiger partial charge in [-0.3, -0.25) is 4.79 Å². The molecule has 0 bridgehead atoms. The maximum absolute atomic E-state index is 12.9. The lowest BCUT2D eigenvalue weighted by molar-refractivity contribution is 0.0599. The number of likely N-dealkylation sites (N-methyl/N-ethyl adjacent to an activating group) is 2. The SMILES string of the molecule is CCc1[nH]c(C(=O)N(C)CCN(C)C2CCCCC2)c(C)c1C(=O)OC. The quantitative estimate of drug-likeness (QED) is 0.756. The summed E-state index contributed by atoms with van der Waals surface area (Å²) in [4.78, 5) is 32.2. The van der Waals surface area contributed by atoms with Gasteiger partial charge in [0.15, 0.2) is 0 Å². The molecule has 1 aliphatic carbocycles. The second kappa shape index (κ2) is 9.21. The van der Waals surface area contributed by atoms with Crippen LogP contribution in [0.3, 0.4) is 0 Å². The van der Waals surface area contributed by atoms with Crippen molar-refractivity contribution in [2.75, 3.05) is 34.3 Å². The monoisotopic (exact) mass is 363 g/mol. The first-order valence-electron chi connectivity index (χ1n) is 9.66. The zero-order chi connectivity index (χ0) is 19.3. The van der Waals surface area contributed by atoms with Gasteiger partial charge in [0.1, 0.15) is 5.69 Å². The first kappa shape index (κ1) is 20.5. The minimum atomic E-state index is -0.394. The summed E-state index contributed by atoms with van der Waals surface area (Å²) in [5.41, 5.74) is 2.41. The molecule has 1 heterocycles. The maximum Gasteiger partial charge on any atom is 0.339 e. The van der Waals surface area contributed by atoms with Crippen molar-refractivity contribution in [1.29, 1.82) is 0 Å². The number of ether oxygens (including phenoxy) is 1. The number of aryl methyl sites for hydroxylation is 1. The van der Waals surface area contributed by atoms with E-state index in [9.17, 15) is 9.59 Å². The zero-order valence-electron chi connectivity index (χ0n) is 16.9. The molecule has 1 saturated carbocycles. The molecular formula is C20H33N3O3. The summed E-state index contributed by atoms with van der Waals surface area (Å²) in [6, 6.07) is 0.636. The van der Waals surface area contributed by atoms with Gasteiger partial charge in [-0.25, -0.2) is 4.79 Å². The Hall–Kier alpha value is -1.82. The van der Waals surface area contributed by atoms with Crippen molar-refractivity contribution < 1.29 is 14.3 Å². The maximum atomic E-state index is 12.9. The third-order valence-corrected chi connectivity index (χ3v) is 5.62. The Labute approximate surface area is 156 Å². The van der Waals surface area contributed by atoms with Crippen molar-refractivity contribution in [3.8, 4) is 0 Å². The topological polar surface area (TPSA) is 65.6 Å². The molecule has 26 heavy (non-hydrogen) atoms. The summed E-state index contributed by atoms with van der Waals surface area (Å²) >= 11 is 0. The van der Waals surface area contributed by atoms with E-state index in [1.165, 1.54) is 39.2 Å². The molecule has 0 spiro atoms. The number of esters is 1. The van der Waals surface area contributed by atoms with Gasteiger partial charge in [-0.2, -0.15) is 0 Å². The molecule has 1 aliphatic rings. The second-order valence-electron chi connectivity index (χ2n) is 7.32. The lowest BCUT2D eigenvalue weighted by Crippen LogP contribution is -2.40. The number of rotatable bonds is 7. The van der Waals surface area contributed by atoms with Crippen molar-refractivity contribution in [3.63, 3.8) is 0 Å².